The van der Waals surface area contributed by atoms with Gasteiger partial charge in [-0.15, -0.1) is 0 Å². The summed E-state index contributed by atoms with van der Waals surface area (Å²) in [6.45, 7) is 8.43. The van der Waals surface area contributed by atoms with Gasteiger partial charge in [-0.05, 0) is 58.2 Å². The number of likely N-dealkylation sites (tertiary alicyclic amines) is 1. The van der Waals surface area contributed by atoms with E-state index in [2.05, 4.69) is 21.9 Å². The second-order valence-corrected chi connectivity index (χ2v) is 8.45. The molecule has 20 heavy (non-hydrogen) atoms. The molecule has 2 N–H and O–H groups in total. The monoisotopic (exact) mass is 303 g/mol. The smallest absolute Gasteiger partial charge is 0.215 e. The summed E-state index contributed by atoms with van der Waals surface area (Å²) in [6.07, 6.45) is 4.59. The van der Waals surface area contributed by atoms with E-state index in [-0.39, 0.29) is 5.25 Å². The Kier molecular flexibility index (Phi) is 5.84. The lowest BCUT2D eigenvalue weighted by Crippen LogP contribution is -2.43. The summed E-state index contributed by atoms with van der Waals surface area (Å²) in [5.41, 5.74) is 0. The number of sulfonamides is 1. The number of hydrogen-bond donors (Lipinski definition) is 2. The molecule has 1 saturated carbocycles. The Morgan fingerprint density at radius 3 is 2.40 bits per heavy atom. The molecule has 0 amide bonds. The van der Waals surface area contributed by atoms with Crippen LogP contribution in [-0.2, 0) is 10.0 Å². The van der Waals surface area contributed by atoms with E-state index >= 15 is 0 Å². The van der Waals surface area contributed by atoms with Gasteiger partial charge in [-0.25, -0.2) is 13.1 Å². The van der Waals surface area contributed by atoms with Gasteiger partial charge in [0.15, 0.2) is 0 Å². The van der Waals surface area contributed by atoms with Crippen molar-refractivity contribution in [3.63, 3.8) is 0 Å². The highest BCUT2D eigenvalue weighted by molar-refractivity contribution is 7.90. The third kappa shape index (κ3) is 4.98. The van der Waals surface area contributed by atoms with Crippen molar-refractivity contribution in [2.24, 2.45) is 5.92 Å². The van der Waals surface area contributed by atoms with Crippen LogP contribution in [0, 0.1) is 5.92 Å². The Morgan fingerprint density at radius 2 is 1.85 bits per heavy atom. The van der Waals surface area contributed by atoms with Crippen LogP contribution >= 0.6 is 0 Å². The molecule has 1 aliphatic heterocycles. The van der Waals surface area contributed by atoms with E-state index in [0.717, 1.165) is 32.5 Å². The number of piperidine rings is 1. The van der Waals surface area contributed by atoms with Crippen LogP contribution in [0.5, 0.6) is 0 Å². The molecule has 1 aliphatic carbocycles. The molecular formula is C14H29N3O2S. The maximum Gasteiger partial charge on any atom is 0.215 e. The summed E-state index contributed by atoms with van der Waals surface area (Å²) in [5, 5.41) is 2.94. The van der Waals surface area contributed by atoms with E-state index in [1.165, 1.54) is 12.8 Å². The van der Waals surface area contributed by atoms with Crippen LogP contribution in [0.25, 0.3) is 0 Å². The van der Waals surface area contributed by atoms with E-state index in [4.69, 9.17) is 0 Å². The molecule has 118 valence electrons. The molecule has 0 bridgehead atoms. The molecule has 2 aliphatic rings. The Hall–Kier alpha value is -0.170. The molecular weight excluding hydrogens is 274 g/mol. The average molecular weight is 303 g/mol. The number of nitrogens with one attached hydrogen (secondary N) is 2. The predicted octanol–water partition coefficient (Wildman–Crippen LogP) is 0.778. The van der Waals surface area contributed by atoms with Crippen LogP contribution in [0.2, 0.25) is 0 Å². The zero-order valence-corrected chi connectivity index (χ0v) is 13.6. The molecule has 0 aromatic rings. The molecule has 0 aromatic carbocycles. The van der Waals surface area contributed by atoms with Gasteiger partial charge in [0.2, 0.25) is 10.0 Å². The average Bonchev–Trinajstić information content (AvgIpc) is 3.27. The molecule has 2 fully saturated rings. The summed E-state index contributed by atoms with van der Waals surface area (Å²) in [5.74, 6) is 0.496. The van der Waals surface area contributed by atoms with E-state index in [0.29, 0.717) is 25.0 Å². The van der Waals surface area contributed by atoms with E-state index in [1.807, 2.05) is 0 Å². The highest BCUT2D eigenvalue weighted by Crippen LogP contribution is 2.19. The quantitative estimate of drug-likeness (QED) is 0.695. The van der Waals surface area contributed by atoms with Crippen molar-refractivity contribution in [2.45, 2.75) is 50.8 Å². The lowest BCUT2D eigenvalue weighted by molar-refractivity contribution is 0.193. The Labute approximate surface area is 123 Å². The summed E-state index contributed by atoms with van der Waals surface area (Å²) in [7, 11) is -3.17. The van der Waals surface area contributed by atoms with Crippen molar-refractivity contribution in [3.8, 4) is 0 Å². The van der Waals surface area contributed by atoms with Crippen molar-refractivity contribution < 1.29 is 8.42 Å². The SMILES string of the molecule is CCN1CCC(CNS(=O)(=O)C(C)CNC2CC2)CC1. The first-order chi connectivity index (χ1) is 9.51. The van der Waals surface area contributed by atoms with Gasteiger partial charge in [0.1, 0.15) is 0 Å². The zero-order valence-electron chi connectivity index (χ0n) is 12.8. The predicted molar refractivity (Wildman–Crippen MR) is 82.2 cm³/mol. The molecule has 1 atom stereocenters. The van der Waals surface area contributed by atoms with Gasteiger partial charge in [-0.1, -0.05) is 6.92 Å². The molecule has 1 heterocycles. The van der Waals surface area contributed by atoms with Crippen molar-refractivity contribution in [1.82, 2.24) is 14.9 Å². The summed E-state index contributed by atoms with van der Waals surface area (Å²) in [6, 6.07) is 0.561. The molecule has 2 rings (SSSR count). The zero-order chi connectivity index (χ0) is 14.6. The molecule has 0 spiro atoms. The maximum atomic E-state index is 12.2. The van der Waals surface area contributed by atoms with E-state index < -0.39 is 10.0 Å². The first kappa shape index (κ1) is 16.2. The Bertz CT molecular complexity index is 387. The maximum absolute atomic E-state index is 12.2. The highest BCUT2D eigenvalue weighted by atomic mass is 32.2. The lowest BCUT2D eigenvalue weighted by atomic mass is 9.97. The fraction of sp³-hybridized carbons (Fsp3) is 1.00. The molecule has 1 saturated heterocycles. The normalized spacial score (nSPS) is 23.9. The fourth-order valence-corrected chi connectivity index (χ4v) is 3.68. The minimum Gasteiger partial charge on any atom is -0.313 e. The van der Waals surface area contributed by atoms with Crippen molar-refractivity contribution >= 4 is 10.0 Å². The van der Waals surface area contributed by atoms with Crippen LogP contribution in [0.3, 0.4) is 0 Å². The van der Waals surface area contributed by atoms with Crippen LogP contribution in [0.1, 0.15) is 39.5 Å². The lowest BCUT2D eigenvalue weighted by Gasteiger charge is -2.31. The van der Waals surface area contributed by atoms with Gasteiger partial charge < -0.3 is 10.2 Å². The van der Waals surface area contributed by atoms with Crippen LogP contribution in [-0.4, -0.2) is 57.3 Å². The third-order valence-electron chi connectivity index (χ3n) is 4.53. The summed E-state index contributed by atoms with van der Waals surface area (Å²) < 4.78 is 27.1. The second-order valence-electron chi connectivity index (χ2n) is 6.26. The largest absolute Gasteiger partial charge is 0.313 e. The van der Waals surface area contributed by atoms with Gasteiger partial charge in [0.25, 0.3) is 0 Å². The van der Waals surface area contributed by atoms with Gasteiger partial charge in [-0.2, -0.15) is 0 Å². The van der Waals surface area contributed by atoms with Crippen LogP contribution in [0.15, 0.2) is 0 Å². The molecule has 5 nitrogen and oxygen atoms in total. The molecule has 0 aromatic heterocycles. The second kappa shape index (κ2) is 7.20. The standard InChI is InChI=1S/C14H29N3O2S/c1-3-17-8-6-13(7-9-17)11-16-20(18,19)12(2)10-15-14-4-5-14/h12-16H,3-11H2,1-2H3. The fourth-order valence-electron chi connectivity index (χ4n) is 2.61. The first-order valence-electron chi connectivity index (χ1n) is 7.95. The Morgan fingerprint density at radius 1 is 1.20 bits per heavy atom. The van der Waals surface area contributed by atoms with Crippen molar-refractivity contribution in [2.75, 3.05) is 32.7 Å². The molecule has 1 unspecified atom stereocenters. The molecule has 6 heteroatoms. The number of nitrogens with zero attached hydrogens (tertiary/aromatic N) is 1. The van der Waals surface area contributed by atoms with Gasteiger partial charge in [0, 0.05) is 19.1 Å². The van der Waals surface area contributed by atoms with E-state index in [1.54, 1.807) is 6.92 Å². The first-order valence-corrected chi connectivity index (χ1v) is 9.50. The van der Waals surface area contributed by atoms with Crippen molar-refractivity contribution in [3.05, 3.63) is 0 Å². The number of rotatable bonds is 8. The Balaban J connectivity index is 1.68. The molecule has 0 radical (unpaired) electrons. The van der Waals surface area contributed by atoms with Gasteiger partial charge in [0.05, 0.1) is 5.25 Å². The minimum atomic E-state index is -3.17. The van der Waals surface area contributed by atoms with Gasteiger partial charge in [-0.3, -0.25) is 0 Å². The third-order valence-corrected chi connectivity index (χ3v) is 6.32. The summed E-state index contributed by atoms with van der Waals surface area (Å²) >= 11 is 0. The van der Waals surface area contributed by atoms with Crippen LogP contribution in [0.4, 0.5) is 0 Å². The topological polar surface area (TPSA) is 61.4 Å². The number of hydrogen-bond acceptors (Lipinski definition) is 4. The van der Waals surface area contributed by atoms with Crippen molar-refractivity contribution in [1.29, 1.82) is 0 Å². The van der Waals surface area contributed by atoms with E-state index in [9.17, 15) is 8.42 Å². The summed E-state index contributed by atoms with van der Waals surface area (Å²) in [4.78, 5) is 2.42. The van der Waals surface area contributed by atoms with Crippen LogP contribution < -0.4 is 10.0 Å². The highest BCUT2D eigenvalue weighted by Gasteiger charge is 2.26. The van der Waals surface area contributed by atoms with Gasteiger partial charge >= 0.3 is 0 Å². The minimum absolute atomic E-state index is 0.348.